The SMILES string of the molecule is CNC(=O)c1ccc(NC(=O)CN2C(=O)NC(CC(C)C)(c3ccccc3)C2=O)cc1. The van der Waals surface area contributed by atoms with Crippen LogP contribution in [0.5, 0.6) is 0 Å². The number of anilines is 1. The zero-order chi connectivity index (χ0) is 22.6. The lowest BCUT2D eigenvalue weighted by atomic mass is 9.82. The van der Waals surface area contributed by atoms with Gasteiger partial charge in [-0.15, -0.1) is 0 Å². The molecule has 8 heteroatoms. The minimum atomic E-state index is -1.19. The van der Waals surface area contributed by atoms with Gasteiger partial charge in [0, 0.05) is 18.3 Å². The van der Waals surface area contributed by atoms with Crippen LogP contribution in [0.1, 0.15) is 36.2 Å². The fourth-order valence-electron chi connectivity index (χ4n) is 3.75. The third-order valence-electron chi connectivity index (χ3n) is 5.12. The monoisotopic (exact) mass is 422 g/mol. The molecule has 0 bridgehead atoms. The largest absolute Gasteiger partial charge is 0.355 e. The van der Waals surface area contributed by atoms with E-state index in [-0.39, 0.29) is 11.8 Å². The second-order valence-corrected chi connectivity index (χ2v) is 7.90. The van der Waals surface area contributed by atoms with Gasteiger partial charge < -0.3 is 16.0 Å². The lowest BCUT2D eigenvalue weighted by Gasteiger charge is -2.29. The van der Waals surface area contributed by atoms with Crippen molar-refractivity contribution in [2.45, 2.75) is 25.8 Å². The van der Waals surface area contributed by atoms with Crippen LogP contribution in [-0.4, -0.2) is 42.2 Å². The van der Waals surface area contributed by atoms with Crippen LogP contribution >= 0.6 is 0 Å². The Morgan fingerprint density at radius 3 is 2.26 bits per heavy atom. The zero-order valence-corrected chi connectivity index (χ0v) is 17.8. The van der Waals surface area contributed by atoms with E-state index >= 15 is 0 Å². The standard InChI is InChI=1S/C23H26N4O4/c1-15(2)13-23(17-7-5-4-6-8-17)21(30)27(22(31)26-23)14-19(28)25-18-11-9-16(10-12-18)20(29)24-3/h4-12,15H,13-14H2,1-3H3,(H,24,29)(H,25,28)(H,26,31). The summed E-state index contributed by atoms with van der Waals surface area (Å²) in [5.74, 6) is -1.05. The summed E-state index contributed by atoms with van der Waals surface area (Å²) in [6.45, 7) is 3.54. The predicted molar refractivity (Wildman–Crippen MR) is 116 cm³/mol. The molecule has 31 heavy (non-hydrogen) atoms. The second-order valence-electron chi connectivity index (χ2n) is 7.90. The van der Waals surface area contributed by atoms with Gasteiger partial charge in [-0.3, -0.25) is 19.3 Å². The van der Waals surface area contributed by atoms with Gasteiger partial charge in [0.2, 0.25) is 5.91 Å². The van der Waals surface area contributed by atoms with E-state index < -0.39 is 29.9 Å². The van der Waals surface area contributed by atoms with E-state index in [2.05, 4.69) is 16.0 Å². The number of nitrogens with zero attached hydrogens (tertiary/aromatic N) is 1. The molecule has 0 saturated carbocycles. The van der Waals surface area contributed by atoms with Gasteiger partial charge in [0.15, 0.2) is 0 Å². The van der Waals surface area contributed by atoms with Gasteiger partial charge in [-0.1, -0.05) is 44.2 Å². The van der Waals surface area contributed by atoms with Crippen LogP contribution in [0.2, 0.25) is 0 Å². The molecule has 162 valence electrons. The molecular weight excluding hydrogens is 396 g/mol. The van der Waals surface area contributed by atoms with Crippen LogP contribution in [0.4, 0.5) is 10.5 Å². The summed E-state index contributed by atoms with van der Waals surface area (Å²) in [6.07, 6.45) is 0.417. The topological polar surface area (TPSA) is 108 Å². The van der Waals surface area contributed by atoms with Gasteiger partial charge in [0.1, 0.15) is 12.1 Å². The number of benzene rings is 2. The first-order valence-electron chi connectivity index (χ1n) is 10.1. The summed E-state index contributed by atoms with van der Waals surface area (Å²) in [4.78, 5) is 51.1. The smallest absolute Gasteiger partial charge is 0.325 e. The average molecular weight is 422 g/mol. The van der Waals surface area contributed by atoms with Crippen LogP contribution in [0.3, 0.4) is 0 Å². The summed E-state index contributed by atoms with van der Waals surface area (Å²) in [6, 6.07) is 14.8. The van der Waals surface area contributed by atoms with Crippen molar-refractivity contribution >= 4 is 29.4 Å². The number of hydrogen-bond donors (Lipinski definition) is 3. The highest BCUT2D eigenvalue weighted by molar-refractivity contribution is 6.10. The summed E-state index contributed by atoms with van der Waals surface area (Å²) >= 11 is 0. The molecule has 3 rings (SSSR count). The zero-order valence-electron chi connectivity index (χ0n) is 17.8. The maximum Gasteiger partial charge on any atom is 0.325 e. The lowest BCUT2D eigenvalue weighted by Crippen LogP contribution is -2.45. The number of urea groups is 1. The van der Waals surface area contributed by atoms with Crippen LogP contribution in [0, 0.1) is 5.92 Å². The Labute approximate surface area is 181 Å². The van der Waals surface area contributed by atoms with E-state index in [1.165, 1.54) is 7.05 Å². The highest BCUT2D eigenvalue weighted by Gasteiger charge is 2.52. The van der Waals surface area contributed by atoms with Crippen LogP contribution in [-0.2, 0) is 15.1 Å². The van der Waals surface area contributed by atoms with Crippen molar-refractivity contribution in [2.75, 3.05) is 18.9 Å². The van der Waals surface area contributed by atoms with E-state index in [1.807, 2.05) is 32.0 Å². The molecule has 0 aromatic heterocycles. The van der Waals surface area contributed by atoms with Crippen molar-refractivity contribution in [2.24, 2.45) is 5.92 Å². The number of imide groups is 1. The normalized spacial score (nSPS) is 18.1. The second kappa shape index (κ2) is 8.99. The molecule has 1 heterocycles. The first-order chi connectivity index (χ1) is 14.8. The molecular formula is C23H26N4O4. The molecule has 0 spiro atoms. The average Bonchev–Trinajstić information content (AvgIpc) is 2.98. The lowest BCUT2D eigenvalue weighted by molar-refractivity contribution is -0.134. The number of carbonyl (C=O) groups is 4. The van der Waals surface area contributed by atoms with E-state index in [4.69, 9.17) is 0 Å². The third kappa shape index (κ3) is 4.58. The third-order valence-corrected chi connectivity index (χ3v) is 5.12. The predicted octanol–water partition coefficient (Wildman–Crippen LogP) is 2.48. The molecule has 0 radical (unpaired) electrons. The molecule has 1 fully saturated rings. The van der Waals surface area contributed by atoms with Gasteiger partial charge in [-0.05, 0) is 42.2 Å². The molecule has 5 amide bonds. The number of hydrogen-bond acceptors (Lipinski definition) is 4. The van der Waals surface area contributed by atoms with Crippen LogP contribution in [0.15, 0.2) is 54.6 Å². The minimum Gasteiger partial charge on any atom is -0.355 e. The fourth-order valence-corrected chi connectivity index (χ4v) is 3.75. The summed E-state index contributed by atoms with van der Waals surface area (Å²) < 4.78 is 0. The maximum atomic E-state index is 13.3. The van der Waals surface area contributed by atoms with Crippen molar-refractivity contribution in [3.63, 3.8) is 0 Å². The van der Waals surface area contributed by atoms with Crippen LogP contribution in [0.25, 0.3) is 0 Å². The molecule has 1 aliphatic heterocycles. The van der Waals surface area contributed by atoms with Gasteiger partial charge in [-0.2, -0.15) is 0 Å². The Bertz CT molecular complexity index is 988. The Morgan fingerprint density at radius 2 is 1.68 bits per heavy atom. The van der Waals surface area contributed by atoms with Gasteiger partial charge in [-0.25, -0.2) is 4.79 Å². The van der Waals surface area contributed by atoms with E-state index in [0.717, 1.165) is 4.90 Å². The first-order valence-corrected chi connectivity index (χ1v) is 10.1. The quantitative estimate of drug-likeness (QED) is 0.596. The molecule has 2 aromatic carbocycles. The Morgan fingerprint density at radius 1 is 1.03 bits per heavy atom. The molecule has 8 nitrogen and oxygen atoms in total. The first kappa shape index (κ1) is 22.0. The van der Waals surface area contributed by atoms with E-state index in [9.17, 15) is 19.2 Å². The fraction of sp³-hybridized carbons (Fsp3) is 0.304. The van der Waals surface area contributed by atoms with Crippen molar-refractivity contribution in [1.29, 1.82) is 0 Å². The summed E-state index contributed by atoms with van der Waals surface area (Å²) in [5, 5.41) is 8.00. The number of amides is 5. The highest BCUT2D eigenvalue weighted by atomic mass is 16.2. The van der Waals surface area contributed by atoms with Gasteiger partial charge in [0.05, 0.1) is 0 Å². The van der Waals surface area contributed by atoms with E-state index in [1.54, 1.807) is 36.4 Å². The number of nitrogens with one attached hydrogen (secondary N) is 3. The number of rotatable bonds is 7. The molecule has 2 aromatic rings. The van der Waals surface area contributed by atoms with Gasteiger partial charge >= 0.3 is 6.03 Å². The molecule has 3 N–H and O–H groups in total. The summed E-state index contributed by atoms with van der Waals surface area (Å²) in [5.41, 5.74) is 0.411. The Hall–Kier alpha value is -3.68. The summed E-state index contributed by atoms with van der Waals surface area (Å²) in [7, 11) is 1.53. The maximum absolute atomic E-state index is 13.3. The van der Waals surface area contributed by atoms with Crippen molar-refractivity contribution in [3.05, 3.63) is 65.7 Å². The van der Waals surface area contributed by atoms with Gasteiger partial charge in [0.25, 0.3) is 11.8 Å². The Kier molecular flexibility index (Phi) is 6.39. The molecule has 1 saturated heterocycles. The number of carbonyl (C=O) groups excluding carboxylic acids is 4. The van der Waals surface area contributed by atoms with E-state index in [0.29, 0.717) is 23.2 Å². The van der Waals surface area contributed by atoms with Crippen LogP contribution < -0.4 is 16.0 Å². The molecule has 0 aliphatic carbocycles. The van der Waals surface area contributed by atoms with Crippen molar-refractivity contribution < 1.29 is 19.2 Å². The molecule has 1 aliphatic rings. The van der Waals surface area contributed by atoms with Crippen molar-refractivity contribution in [3.8, 4) is 0 Å². The Balaban J connectivity index is 1.75. The molecule has 1 atom stereocenters. The highest BCUT2D eigenvalue weighted by Crippen LogP contribution is 2.35. The molecule has 1 unspecified atom stereocenters. The van der Waals surface area contributed by atoms with Crippen molar-refractivity contribution in [1.82, 2.24) is 15.5 Å². The minimum absolute atomic E-state index is 0.136.